The molecule has 0 aromatic rings. The fourth-order valence-electron chi connectivity index (χ4n) is 0.562. The van der Waals surface area contributed by atoms with Gasteiger partial charge in [-0.2, -0.15) is 13.2 Å². The number of rotatable bonds is 5. The van der Waals surface area contributed by atoms with Gasteiger partial charge in [0.2, 0.25) is 0 Å². The van der Waals surface area contributed by atoms with Crippen LogP contribution >= 0.6 is 0 Å². The number of nitrogens with one attached hydrogen (secondary N) is 1. The highest BCUT2D eigenvalue weighted by atomic mass is 19.4. The standard InChI is InChI=1S/C7H14F3NO2/c1-6(2,12)3-4-11-13-5-7(8,9)10/h11-12H,3-5H2,1-2H3. The fourth-order valence-corrected chi connectivity index (χ4v) is 0.562. The fraction of sp³-hybridized carbons (Fsp3) is 1.00. The topological polar surface area (TPSA) is 41.5 Å². The minimum absolute atomic E-state index is 0.180. The molecule has 0 fully saturated rings. The number of alkyl halides is 3. The second kappa shape index (κ2) is 4.78. The van der Waals surface area contributed by atoms with Gasteiger partial charge < -0.3 is 5.11 Å². The van der Waals surface area contributed by atoms with Crippen molar-refractivity contribution >= 4 is 0 Å². The summed E-state index contributed by atoms with van der Waals surface area (Å²) in [5.41, 5.74) is 1.22. The maximum absolute atomic E-state index is 11.5. The van der Waals surface area contributed by atoms with Crippen molar-refractivity contribution < 1.29 is 23.1 Å². The van der Waals surface area contributed by atoms with Gasteiger partial charge >= 0.3 is 6.18 Å². The average Bonchev–Trinajstić information content (AvgIpc) is 1.81. The molecule has 0 unspecified atom stereocenters. The number of aliphatic hydroxyl groups is 1. The zero-order valence-electron chi connectivity index (χ0n) is 7.61. The molecule has 0 atom stereocenters. The molecule has 13 heavy (non-hydrogen) atoms. The third-order valence-electron chi connectivity index (χ3n) is 1.18. The quantitative estimate of drug-likeness (QED) is 0.519. The monoisotopic (exact) mass is 201 g/mol. The normalized spacial score (nSPS) is 13.4. The molecule has 6 heteroatoms. The Bertz CT molecular complexity index is 126. The van der Waals surface area contributed by atoms with Crippen molar-refractivity contribution in [2.24, 2.45) is 0 Å². The van der Waals surface area contributed by atoms with Gasteiger partial charge in [-0.25, -0.2) is 5.48 Å². The molecule has 0 spiro atoms. The Hall–Kier alpha value is -0.330. The molecule has 0 aromatic heterocycles. The van der Waals surface area contributed by atoms with E-state index in [9.17, 15) is 13.2 Å². The van der Waals surface area contributed by atoms with E-state index in [1.807, 2.05) is 0 Å². The number of halogens is 3. The molecule has 80 valence electrons. The van der Waals surface area contributed by atoms with E-state index in [4.69, 9.17) is 5.11 Å². The molecule has 0 aromatic carbocycles. The van der Waals surface area contributed by atoms with E-state index in [1.54, 1.807) is 13.8 Å². The summed E-state index contributed by atoms with van der Waals surface area (Å²) in [7, 11) is 0. The molecular formula is C7H14F3NO2. The van der Waals surface area contributed by atoms with Crippen LogP contribution < -0.4 is 5.48 Å². The van der Waals surface area contributed by atoms with Crippen LogP contribution in [0.5, 0.6) is 0 Å². The van der Waals surface area contributed by atoms with Gasteiger partial charge in [0.05, 0.1) is 5.60 Å². The van der Waals surface area contributed by atoms with Crippen molar-refractivity contribution in [3.63, 3.8) is 0 Å². The Labute approximate surface area is 74.8 Å². The summed E-state index contributed by atoms with van der Waals surface area (Å²) in [6.45, 7) is 2.00. The van der Waals surface area contributed by atoms with Gasteiger partial charge in [-0.1, -0.05) is 0 Å². The summed E-state index contributed by atoms with van der Waals surface area (Å²) in [6.07, 6.45) is -3.99. The summed E-state index contributed by atoms with van der Waals surface area (Å²) in [6, 6.07) is 0. The van der Waals surface area contributed by atoms with E-state index in [0.717, 1.165) is 0 Å². The minimum Gasteiger partial charge on any atom is -0.390 e. The van der Waals surface area contributed by atoms with E-state index in [2.05, 4.69) is 10.3 Å². The van der Waals surface area contributed by atoms with E-state index in [1.165, 1.54) is 0 Å². The van der Waals surface area contributed by atoms with Gasteiger partial charge in [0.1, 0.15) is 0 Å². The zero-order chi connectivity index (χ0) is 10.5. The summed E-state index contributed by atoms with van der Waals surface area (Å²) in [4.78, 5) is 4.11. The highest BCUT2D eigenvalue weighted by Gasteiger charge is 2.27. The lowest BCUT2D eigenvalue weighted by atomic mass is 10.1. The lowest BCUT2D eigenvalue weighted by Gasteiger charge is -2.17. The van der Waals surface area contributed by atoms with Gasteiger partial charge in [0.25, 0.3) is 0 Å². The predicted molar refractivity (Wildman–Crippen MR) is 40.9 cm³/mol. The maximum atomic E-state index is 11.5. The summed E-state index contributed by atoms with van der Waals surface area (Å²) in [5, 5.41) is 9.16. The van der Waals surface area contributed by atoms with Crippen LogP contribution in [0.15, 0.2) is 0 Å². The van der Waals surface area contributed by atoms with Gasteiger partial charge in [-0.3, -0.25) is 4.84 Å². The Morgan fingerprint density at radius 2 is 1.85 bits per heavy atom. The molecule has 0 rings (SSSR count). The SMILES string of the molecule is CC(C)(O)CCNOCC(F)(F)F. The molecular weight excluding hydrogens is 187 g/mol. The van der Waals surface area contributed by atoms with Crippen LogP contribution in [0.3, 0.4) is 0 Å². The zero-order valence-corrected chi connectivity index (χ0v) is 7.61. The second-order valence-electron chi connectivity index (χ2n) is 3.36. The van der Waals surface area contributed by atoms with Crippen LogP contribution in [-0.2, 0) is 4.84 Å². The first-order valence-corrected chi connectivity index (χ1v) is 3.84. The van der Waals surface area contributed by atoms with E-state index < -0.39 is 18.4 Å². The molecule has 0 radical (unpaired) electrons. The minimum atomic E-state index is -4.32. The van der Waals surface area contributed by atoms with Crippen LogP contribution in [0.25, 0.3) is 0 Å². The van der Waals surface area contributed by atoms with Gasteiger partial charge in [0, 0.05) is 6.54 Å². The van der Waals surface area contributed by atoms with Crippen LogP contribution in [0.2, 0.25) is 0 Å². The van der Waals surface area contributed by atoms with E-state index in [0.29, 0.717) is 6.42 Å². The molecule has 3 nitrogen and oxygen atoms in total. The van der Waals surface area contributed by atoms with Crippen molar-refractivity contribution in [3.05, 3.63) is 0 Å². The largest absolute Gasteiger partial charge is 0.413 e. The van der Waals surface area contributed by atoms with Crippen LogP contribution in [0.4, 0.5) is 13.2 Å². The van der Waals surface area contributed by atoms with E-state index in [-0.39, 0.29) is 6.54 Å². The van der Waals surface area contributed by atoms with Crippen LogP contribution in [0.1, 0.15) is 20.3 Å². The Balaban J connectivity index is 3.28. The van der Waals surface area contributed by atoms with Gasteiger partial charge in [0.15, 0.2) is 6.61 Å². The first-order valence-electron chi connectivity index (χ1n) is 3.84. The third kappa shape index (κ3) is 11.7. The summed E-state index contributed by atoms with van der Waals surface area (Å²) < 4.78 is 34.5. The van der Waals surface area contributed by atoms with Crippen molar-refractivity contribution in [1.82, 2.24) is 5.48 Å². The molecule has 0 saturated carbocycles. The van der Waals surface area contributed by atoms with Gasteiger partial charge in [-0.05, 0) is 20.3 Å². The molecule has 0 bridgehead atoms. The number of hydrogen-bond donors (Lipinski definition) is 2. The lowest BCUT2D eigenvalue weighted by molar-refractivity contribution is -0.189. The van der Waals surface area contributed by atoms with Crippen molar-refractivity contribution in [3.8, 4) is 0 Å². The molecule has 0 heterocycles. The first kappa shape index (κ1) is 12.7. The summed E-state index contributed by atoms with van der Waals surface area (Å²) >= 11 is 0. The van der Waals surface area contributed by atoms with Crippen LogP contribution in [-0.4, -0.2) is 30.0 Å². The highest BCUT2D eigenvalue weighted by molar-refractivity contribution is 4.64. The predicted octanol–water partition coefficient (Wildman–Crippen LogP) is 1.23. The molecule has 0 aliphatic heterocycles. The van der Waals surface area contributed by atoms with Crippen molar-refractivity contribution in [2.45, 2.75) is 32.0 Å². The first-order chi connectivity index (χ1) is 5.71. The number of hydrogen-bond acceptors (Lipinski definition) is 3. The highest BCUT2D eigenvalue weighted by Crippen LogP contribution is 2.13. The molecule has 0 amide bonds. The Kier molecular flexibility index (Phi) is 4.66. The lowest BCUT2D eigenvalue weighted by Crippen LogP contribution is -2.30. The molecule has 0 aliphatic rings. The van der Waals surface area contributed by atoms with Crippen molar-refractivity contribution in [2.75, 3.05) is 13.2 Å². The van der Waals surface area contributed by atoms with E-state index >= 15 is 0 Å². The average molecular weight is 201 g/mol. The number of hydroxylamine groups is 1. The third-order valence-corrected chi connectivity index (χ3v) is 1.18. The molecule has 0 saturated heterocycles. The van der Waals surface area contributed by atoms with Crippen LogP contribution in [0, 0.1) is 0 Å². The smallest absolute Gasteiger partial charge is 0.390 e. The summed E-state index contributed by atoms with van der Waals surface area (Å²) in [5.74, 6) is 0. The molecule has 0 aliphatic carbocycles. The Morgan fingerprint density at radius 1 is 1.31 bits per heavy atom. The second-order valence-corrected chi connectivity index (χ2v) is 3.36. The molecule has 2 N–H and O–H groups in total. The maximum Gasteiger partial charge on any atom is 0.413 e. The van der Waals surface area contributed by atoms with Gasteiger partial charge in [-0.15, -0.1) is 0 Å². The van der Waals surface area contributed by atoms with Crippen molar-refractivity contribution in [1.29, 1.82) is 0 Å². The Morgan fingerprint density at radius 3 is 2.23 bits per heavy atom.